The first kappa shape index (κ1) is 18.9. The molecule has 1 N–H and O–H groups in total. The third kappa shape index (κ3) is 3.28. The van der Waals surface area contributed by atoms with Crippen LogP contribution in [-0.2, 0) is 6.54 Å². The maximum atomic E-state index is 9.71. The van der Waals surface area contributed by atoms with Gasteiger partial charge in [-0.15, -0.1) is 0 Å². The molecule has 5 rings (SSSR count). The lowest BCUT2D eigenvalue weighted by atomic mass is 10.1. The van der Waals surface area contributed by atoms with Crippen molar-refractivity contribution in [2.24, 2.45) is 0 Å². The highest BCUT2D eigenvalue weighted by Gasteiger charge is 2.24. The maximum absolute atomic E-state index is 9.71. The molecule has 0 spiro atoms. The van der Waals surface area contributed by atoms with E-state index in [0.29, 0.717) is 5.56 Å². The first-order valence-electron chi connectivity index (χ1n) is 10.3. The Morgan fingerprint density at radius 3 is 2.57 bits per heavy atom. The van der Waals surface area contributed by atoms with Crippen molar-refractivity contribution in [2.75, 3.05) is 31.1 Å². The Hall–Kier alpha value is -3.07. The number of quaternary nitrogens is 1. The minimum Gasteiger partial charge on any atom is -0.346 e. The summed E-state index contributed by atoms with van der Waals surface area (Å²) in [6, 6.07) is 20.8. The molecule has 0 bridgehead atoms. The van der Waals surface area contributed by atoms with Crippen LogP contribution in [0.2, 0.25) is 5.02 Å². The number of nitriles is 1. The fraction of sp³-hybridized carbons (Fsp3) is 0.250. The third-order valence-corrected chi connectivity index (χ3v) is 6.28. The van der Waals surface area contributed by atoms with E-state index in [2.05, 4.69) is 39.6 Å². The predicted molar refractivity (Wildman–Crippen MR) is 120 cm³/mol. The molecular weight excluding hydrogens is 394 g/mol. The second-order valence-corrected chi connectivity index (χ2v) is 8.41. The van der Waals surface area contributed by atoms with Gasteiger partial charge in [-0.05, 0) is 42.8 Å². The van der Waals surface area contributed by atoms with E-state index in [1.807, 2.05) is 37.3 Å². The van der Waals surface area contributed by atoms with Gasteiger partial charge in [-0.2, -0.15) is 5.26 Å². The standard InChI is InChI=1S/C24H22ClN5/c1-17-14-23(30-22-5-3-2-4-21(22)27-24(30)20(17)15-26)29-12-10-28(11-13-29)16-18-6-8-19(25)9-7-18/h2-9,14H,10-13,16H2,1H3/p+1. The number of benzene rings is 2. The molecule has 3 heterocycles. The van der Waals surface area contributed by atoms with Crippen molar-refractivity contribution in [3.8, 4) is 6.07 Å². The second kappa shape index (κ2) is 7.64. The molecular formula is C24H23ClN5+. The van der Waals surface area contributed by atoms with E-state index in [0.717, 1.165) is 65.8 Å². The number of hydrogen-bond acceptors (Lipinski definition) is 3. The largest absolute Gasteiger partial charge is 0.346 e. The highest BCUT2D eigenvalue weighted by molar-refractivity contribution is 6.30. The van der Waals surface area contributed by atoms with Gasteiger partial charge in [-0.3, -0.25) is 4.40 Å². The van der Waals surface area contributed by atoms with E-state index in [9.17, 15) is 5.26 Å². The van der Waals surface area contributed by atoms with Gasteiger partial charge in [0.2, 0.25) is 0 Å². The van der Waals surface area contributed by atoms with Crippen LogP contribution in [0.25, 0.3) is 16.7 Å². The number of nitrogens with zero attached hydrogens (tertiary/aromatic N) is 4. The van der Waals surface area contributed by atoms with Gasteiger partial charge in [-0.1, -0.05) is 35.9 Å². The Balaban J connectivity index is 1.46. The number of halogens is 1. The van der Waals surface area contributed by atoms with Gasteiger partial charge in [0.05, 0.1) is 42.8 Å². The topological polar surface area (TPSA) is 48.8 Å². The summed E-state index contributed by atoms with van der Waals surface area (Å²) in [4.78, 5) is 8.78. The molecule has 4 aromatic rings. The van der Waals surface area contributed by atoms with Crippen molar-refractivity contribution < 1.29 is 4.90 Å². The molecule has 0 saturated carbocycles. The van der Waals surface area contributed by atoms with Gasteiger partial charge in [0, 0.05) is 10.6 Å². The average Bonchev–Trinajstić information content (AvgIpc) is 3.15. The van der Waals surface area contributed by atoms with E-state index in [-0.39, 0.29) is 0 Å². The minimum atomic E-state index is 0.655. The molecule has 0 radical (unpaired) electrons. The Labute approximate surface area is 180 Å². The zero-order valence-electron chi connectivity index (χ0n) is 16.9. The molecule has 0 unspecified atom stereocenters. The predicted octanol–water partition coefficient (Wildman–Crippen LogP) is 3.23. The first-order chi connectivity index (χ1) is 14.6. The van der Waals surface area contributed by atoms with E-state index in [4.69, 9.17) is 16.6 Å². The quantitative estimate of drug-likeness (QED) is 0.558. The van der Waals surface area contributed by atoms with Gasteiger partial charge in [0.25, 0.3) is 0 Å². The normalized spacial score (nSPS) is 15.0. The van der Waals surface area contributed by atoms with Crippen LogP contribution in [0.3, 0.4) is 0 Å². The number of imidazole rings is 1. The highest BCUT2D eigenvalue weighted by Crippen LogP contribution is 2.28. The Kier molecular flexibility index (Phi) is 4.82. The molecule has 2 aromatic carbocycles. The van der Waals surface area contributed by atoms with Gasteiger partial charge >= 0.3 is 0 Å². The van der Waals surface area contributed by atoms with Crippen LogP contribution >= 0.6 is 11.6 Å². The summed E-state index contributed by atoms with van der Waals surface area (Å²) < 4.78 is 2.16. The summed E-state index contributed by atoms with van der Waals surface area (Å²) in [5, 5.41) is 10.5. The lowest BCUT2D eigenvalue weighted by Crippen LogP contribution is -3.13. The van der Waals surface area contributed by atoms with E-state index < -0.39 is 0 Å². The monoisotopic (exact) mass is 416 g/mol. The molecule has 1 saturated heterocycles. The van der Waals surface area contributed by atoms with E-state index in [1.165, 1.54) is 5.56 Å². The SMILES string of the molecule is Cc1cc(N2CC[NH+](Cc3ccc(Cl)cc3)CC2)n2c(nc3ccccc32)c1C#N. The maximum Gasteiger partial charge on any atom is 0.157 e. The fourth-order valence-corrected chi connectivity index (χ4v) is 4.55. The molecule has 6 heteroatoms. The fourth-order valence-electron chi connectivity index (χ4n) is 4.42. The number of nitrogens with one attached hydrogen (secondary N) is 1. The average molecular weight is 417 g/mol. The van der Waals surface area contributed by atoms with Crippen molar-refractivity contribution in [3.63, 3.8) is 0 Å². The number of para-hydroxylation sites is 2. The van der Waals surface area contributed by atoms with Crippen LogP contribution in [0, 0.1) is 18.3 Å². The lowest BCUT2D eigenvalue weighted by Gasteiger charge is -2.34. The number of fused-ring (bicyclic) bond motifs is 3. The summed E-state index contributed by atoms with van der Waals surface area (Å²) in [6.07, 6.45) is 0. The van der Waals surface area contributed by atoms with Crippen LogP contribution in [0.5, 0.6) is 0 Å². The molecule has 5 nitrogen and oxygen atoms in total. The van der Waals surface area contributed by atoms with Gasteiger partial charge in [0.15, 0.2) is 5.65 Å². The molecule has 0 atom stereocenters. The van der Waals surface area contributed by atoms with Gasteiger partial charge in [0.1, 0.15) is 18.4 Å². The van der Waals surface area contributed by atoms with Crippen molar-refractivity contribution >= 4 is 34.1 Å². The zero-order chi connectivity index (χ0) is 20.7. The minimum absolute atomic E-state index is 0.655. The van der Waals surface area contributed by atoms with Crippen LogP contribution < -0.4 is 9.80 Å². The Bertz CT molecular complexity index is 1260. The summed E-state index contributed by atoms with van der Waals surface area (Å²) in [6.45, 7) is 7.08. The van der Waals surface area contributed by atoms with Crippen molar-refractivity contribution in [1.29, 1.82) is 5.26 Å². The highest BCUT2D eigenvalue weighted by atomic mass is 35.5. The number of aryl methyl sites for hydroxylation is 1. The van der Waals surface area contributed by atoms with E-state index >= 15 is 0 Å². The number of hydrogen-bond donors (Lipinski definition) is 1. The molecule has 30 heavy (non-hydrogen) atoms. The first-order valence-corrected chi connectivity index (χ1v) is 10.7. The molecule has 150 valence electrons. The molecule has 1 aliphatic heterocycles. The van der Waals surface area contributed by atoms with Crippen LogP contribution in [0.4, 0.5) is 5.82 Å². The molecule has 2 aromatic heterocycles. The smallest absolute Gasteiger partial charge is 0.157 e. The lowest BCUT2D eigenvalue weighted by molar-refractivity contribution is -0.914. The molecule has 1 fully saturated rings. The van der Waals surface area contributed by atoms with Crippen LogP contribution in [-0.4, -0.2) is 35.6 Å². The Morgan fingerprint density at radius 2 is 1.83 bits per heavy atom. The molecule has 0 amide bonds. The van der Waals surface area contributed by atoms with Crippen LogP contribution in [0.1, 0.15) is 16.7 Å². The number of pyridine rings is 1. The number of anilines is 1. The number of rotatable bonds is 3. The van der Waals surface area contributed by atoms with Gasteiger partial charge < -0.3 is 9.80 Å². The summed E-state index contributed by atoms with van der Waals surface area (Å²) >= 11 is 6.01. The second-order valence-electron chi connectivity index (χ2n) is 7.97. The molecule has 1 aliphatic rings. The van der Waals surface area contributed by atoms with Crippen molar-refractivity contribution in [1.82, 2.24) is 9.38 Å². The molecule has 0 aliphatic carbocycles. The van der Waals surface area contributed by atoms with Gasteiger partial charge in [-0.25, -0.2) is 4.98 Å². The summed E-state index contributed by atoms with van der Waals surface area (Å²) in [7, 11) is 0. The van der Waals surface area contributed by atoms with Crippen molar-refractivity contribution in [2.45, 2.75) is 13.5 Å². The van der Waals surface area contributed by atoms with E-state index in [1.54, 1.807) is 4.90 Å². The third-order valence-electron chi connectivity index (χ3n) is 6.03. The van der Waals surface area contributed by atoms with Crippen molar-refractivity contribution in [3.05, 3.63) is 76.3 Å². The Morgan fingerprint density at radius 1 is 1.10 bits per heavy atom. The number of piperazine rings is 1. The number of aromatic nitrogens is 2. The van der Waals surface area contributed by atoms with Crippen LogP contribution in [0.15, 0.2) is 54.6 Å². The zero-order valence-corrected chi connectivity index (χ0v) is 17.7. The summed E-state index contributed by atoms with van der Waals surface area (Å²) in [5.74, 6) is 1.13. The summed E-state index contributed by atoms with van der Waals surface area (Å²) in [5.41, 5.74) is 5.68.